The van der Waals surface area contributed by atoms with Gasteiger partial charge in [0.2, 0.25) is 0 Å². The Bertz CT molecular complexity index is 590. The Hall–Kier alpha value is -2.14. The Morgan fingerprint density at radius 3 is 2.95 bits per heavy atom. The highest BCUT2D eigenvalue weighted by molar-refractivity contribution is 6.30. The molecule has 1 aromatic heterocycles. The van der Waals surface area contributed by atoms with E-state index in [1.807, 2.05) is 12.1 Å². The van der Waals surface area contributed by atoms with Gasteiger partial charge in [-0.15, -0.1) is 0 Å². The van der Waals surface area contributed by atoms with Crippen molar-refractivity contribution >= 4 is 17.5 Å². The van der Waals surface area contributed by atoms with Crippen LogP contribution in [-0.2, 0) is 6.42 Å². The molecule has 0 fully saturated rings. The van der Waals surface area contributed by atoms with Gasteiger partial charge in [0.05, 0.1) is 13.3 Å². The second-order valence-electron chi connectivity index (χ2n) is 4.05. The van der Waals surface area contributed by atoms with E-state index in [0.717, 1.165) is 11.3 Å². The third-order valence-electron chi connectivity index (χ3n) is 2.72. The molecule has 0 atom stereocenters. The number of carbonyl (C=O) groups is 1. The van der Waals surface area contributed by atoms with Crippen LogP contribution in [0.3, 0.4) is 0 Å². The maximum atomic E-state index is 11.8. The van der Waals surface area contributed by atoms with E-state index in [-0.39, 0.29) is 5.91 Å². The fourth-order valence-corrected chi connectivity index (χ4v) is 1.95. The molecule has 6 heteroatoms. The van der Waals surface area contributed by atoms with Gasteiger partial charge in [-0.05, 0) is 30.2 Å². The van der Waals surface area contributed by atoms with Gasteiger partial charge < -0.3 is 10.1 Å². The van der Waals surface area contributed by atoms with E-state index in [2.05, 4.69) is 15.3 Å². The van der Waals surface area contributed by atoms with Gasteiger partial charge in [0.15, 0.2) is 0 Å². The third kappa shape index (κ3) is 3.68. The van der Waals surface area contributed by atoms with E-state index in [1.165, 1.54) is 18.6 Å². The number of carbonyl (C=O) groups excluding carboxylic acids is 1. The standard InChI is InChI=1S/C14H14ClN3O2/c1-20-13-3-2-11(15)8-10(13)4-5-18-14(19)12-9-16-6-7-17-12/h2-3,6-9H,4-5H2,1H3,(H,18,19). The summed E-state index contributed by atoms with van der Waals surface area (Å²) >= 11 is 5.95. The number of nitrogens with zero attached hydrogens (tertiary/aromatic N) is 2. The quantitative estimate of drug-likeness (QED) is 0.916. The summed E-state index contributed by atoms with van der Waals surface area (Å²) in [4.78, 5) is 19.6. The molecule has 1 amide bonds. The lowest BCUT2D eigenvalue weighted by molar-refractivity contribution is 0.0948. The van der Waals surface area contributed by atoms with Gasteiger partial charge in [0.25, 0.3) is 5.91 Å². The predicted molar refractivity (Wildman–Crippen MR) is 76.1 cm³/mol. The molecule has 1 heterocycles. The van der Waals surface area contributed by atoms with Crippen molar-refractivity contribution in [1.82, 2.24) is 15.3 Å². The first-order valence-corrected chi connectivity index (χ1v) is 6.45. The SMILES string of the molecule is COc1ccc(Cl)cc1CCNC(=O)c1cnccn1. The molecule has 0 aliphatic carbocycles. The molecule has 0 spiro atoms. The molecule has 0 radical (unpaired) electrons. The number of hydrogen-bond donors (Lipinski definition) is 1. The fraction of sp³-hybridized carbons (Fsp3) is 0.214. The predicted octanol–water partition coefficient (Wildman–Crippen LogP) is 2.11. The van der Waals surface area contributed by atoms with Gasteiger partial charge >= 0.3 is 0 Å². The average molecular weight is 292 g/mol. The minimum Gasteiger partial charge on any atom is -0.496 e. The zero-order chi connectivity index (χ0) is 14.4. The molecule has 0 saturated heterocycles. The van der Waals surface area contributed by atoms with Crippen molar-refractivity contribution in [3.8, 4) is 5.75 Å². The van der Waals surface area contributed by atoms with Crippen LogP contribution < -0.4 is 10.1 Å². The summed E-state index contributed by atoms with van der Waals surface area (Å²) in [7, 11) is 1.60. The maximum Gasteiger partial charge on any atom is 0.271 e. The van der Waals surface area contributed by atoms with Gasteiger partial charge in [-0.1, -0.05) is 11.6 Å². The highest BCUT2D eigenvalue weighted by Gasteiger charge is 2.08. The molecule has 2 rings (SSSR count). The number of methoxy groups -OCH3 is 1. The van der Waals surface area contributed by atoms with E-state index in [4.69, 9.17) is 16.3 Å². The first-order chi connectivity index (χ1) is 9.70. The molecule has 0 aliphatic rings. The van der Waals surface area contributed by atoms with E-state index in [1.54, 1.807) is 13.2 Å². The molecule has 0 saturated carbocycles. The van der Waals surface area contributed by atoms with Crippen LogP contribution in [0, 0.1) is 0 Å². The van der Waals surface area contributed by atoms with Crippen molar-refractivity contribution in [2.45, 2.75) is 6.42 Å². The molecule has 1 N–H and O–H groups in total. The van der Waals surface area contributed by atoms with Gasteiger partial charge in [-0.2, -0.15) is 0 Å². The lowest BCUT2D eigenvalue weighted by atomic mass is 10.1. The number of amides is 1. The summed E-state index contributed by atoms with van der Waals surface area (Å²) < 4.78 is 5.25. The number of rotatable bonds is 5. The smallest absolute Gasteiger partial charge is 0.271 e. The van der Waals surface area contributed by atoms with E-state index < -0.39 is 0 Å². The number of benzene rings is 1. The summed E-state index contributed by atoms with van der Waals surface area (Å²) in [5.74, 6) is 0.502. The molecule has 2 aromatic rings. The van der Waals surface area contributed by atoms with Crippen LogP contribution >= 0.6 is 11.6 Å². The largest absolute Gasteiger partial charge is 0.496 e. The van der Waals surface area contributed by atoms with Crippen LogP contribution in [0.4, 0.5) is 0 Å². The Labute approximate surface area is 122 Å². The summed E-state index contributed by atoms with van der Waals surface area (Å²) in [5.41, 5.74) is 1.24. The van der Waals surface area contributed by atoms with Crippen molar-refractivity contribution in [3.05, 3.63) is 53.1 Å². The zero-order valence-corrected chi connectivity index (χ0v) is 11.7. The number of halogens is 1. The summed E-state index contributed by atoms with van der Waals surface area (Å²) in [6.07, 6.45) is 5.05. The van der Waals surface area contributed by atoms with Crippen LogP contribution in [0.15, 0.2) is 36.8 Å². The minimum atomic E-state index is -0.251. The fourth-order valence-electron chi connectivity index (χ4n) is 1.76. The Morgan fingerprint density at radius 1 is 1.40 bits per heavy atom. The highest BCUT2D eigenvalue weighted by Crippen LogP contribution is 2.22. The molecule has 0 unspecified atom stereocenters. The van der Waals surface area contributed by atoms with E-state index in [9.17, 15) is 4.79 Å². The first-order valence-electron chi connectivity index (χ1n) is 6.07. The molecule has 104 valence electrons. The molecule has 0 bridgehead atoms. The highest BCUT2D eigenvalue weighted by atomic mass is 35.5. The average Bonchev–Trinajstić information content (AvgIpc) is 2.48. The lowest BCUT2D eigenvalue weighted by Gasteiger charge is -2.09. The van der Waals surface area contributed by atoms with Crippen LogP contribution in [-0.4, -0.2) is 29.5 Å². The molecular weight excluding hydrogens is 278 g/mol. The molecule has 1 aromatic carbocycles. The lowest BCUT2D eigenvalue weighted by Crippen LogP contribution is -2.26. The third-order valence-corrected chi connectivity index (χ3v) is 2.95. The molecule has 0 aliphatic heterocycles. The Balaban J connectivity index is 1.93. The summed E-state index contributed by atoms with van der Waals surface area (Å²) in [6, 6.07) is 5.40. The summed E-state index contributed by atoms with van der Waals surface area (Å²) in [6.45, 7) is 0.464. The van der Waals surface area contributed by atoms with Crippen LogP contribution in [0.25, 0.3) is 0 Å². The molecule has 20 heavy (non-hydrogen) atoms. The van der Waals surface area contributed by atoms with Crippen LogP contribution in [0.5, 0.6) is 5.75 Å². The van der Waals surface area contributed by atoms with Gasteiger partial charge in [-0.25, -0.2) is 4.98 Å². The van der Waals surface area contributed by atoms with Crippen molar-refractivity contribution < 1.29 is 9.53 Å². The van der Waals surface area contributed by atoms with E-state index >= 15 is 0 Å². The number of hydrogen-bond acceptors (Lipinski definition) is 4. The van der Waals surface area contributed by atoms with Crippen molar-refractivity contribution in [2.75, 3.05) is 13.7 Å². The monoisotopic (exact) mass is 291 g/mol. The molecular formula is C14H14ClN3O2. The second-order valence-corrected chi connectivity index (χ2v) is 4.49. The Kier molecular flexibility index (Phi) is 4.90. The minimum absolute atomic E-state index is 0.251. The normalized spacial score (nSPS) is 10.1. The van der Waals surface area contributed by atoms with Crippen molar-refractivity contribution in [3.63, 3.8) is 0 Å². The van der Waals surface area contributed by atoms with E-state index in [0.29, 0.717) is 23.7 Å². The van der Waals surface area contributed by atoms with Crippen LogP contribution in [0.1, 0.15) is 16.1 Å². The molecule has 5 nitrogen and oxygen atoms in total. The van der Waals surface area contributed by atoms with Crippen molar-refractivity contribution in [1.29, 1.82) is 0 Å². The number of ether oxygens (including phenoxy) is 1. The maximum absolute atomic E-state index is 11.8. The Morgan fingerprint density at radius 2 is 2.25 bits per heavy atom. The van der Waals surface area contributed by atoms with Gasteiger partial charge in [0, 0.05) is 24.0 Å². The zero-order valence-electron chi connectivity index (χ0n) is 11.0. The summed E-state index contributed by atoms with van der Waals surface area (Å²) in [5, 5.41) is 3.42. The van der Waals surface area contributed by atoms with Gasteiger partial charge in [0.1, 0.15) is 11.4 Å². The number of nitrogens with one attached hydrogen (secondary N) is 1. The topological polar surface area (TPSA) is 64.1 Å². The number of aromatic nitrogens is 2. The van der Waals surface area contributed by atoms with Crippen molar-refractivity contribution in [2.24, 2.45) is 0 Å². The van der Waals surface area contributed by atoms with Crippen LogP contribution in [0.2, 0.25) is 5.02 Å². The second kappa shape index (κ2) is 6.86. The first kappa shape index (κ1) is 14.3. The van der Waals surface area contributed by atoms with Gasteiger partial charge in [-0.3, -0.25) is 9.78 Å².